The quantitative estimate of drug-likeness (QED) is 0.882. The van der Waals surface area contributed by atoms with Crippen LogP contribution in [0.15, 0.2) is 15.9 Å². The molecule has 5 nitrogen and oxygen atoms in total. The van der Waals surface area contributed by atoms with Crippen molar-refractivity contribution >= 4 is 39.1 Å². The Labute approximate surface area is 116 Å². The lowest BCUT2D eigenvalue weighted by molar-refractivity contribution is -0.138. The Hall–Kier alpha value is -0.920. The van der Waals surface area contributed by atoms with E-state index in [0.717, 1.165) is 4.47 Å². The Morgan fingerprint density at radius 3 is 2.89 bits per heavy atom. The molecule has 2 N–H and O–H groups in total. The number of hydrogen-bond acceptors (Lipinski definition) is 4. The van der Waals surface area contributed by atoms with Gasteiger partial charge in [0, 0.05) is 11.1 Å². The molecule has 1 atom stereocenters. The van der Waals surface area contributed by atoms with Crippen LogP contribution >= 0.6 is 27.3 Å². The molecule has 1 saturated heterocycles. The fraction of sp³-hybridized carbons (Fsp3) is 0.455. The highest BCUT2D eigenvalue weighted by molar-refractivity contribution is 9.10. The monoisotopic (exact) mass is 333 g/mol. The standard InChI is InChI=1S/C11H12BrNO4S/c12-7-1-4-18-9(7)10(16)13-11(5-8(14)15)2-3-17-6-11/h1,4H,2-3,5-6H2,(H,13,16)(H,14,15). The zero-order valence-electron chi connectivity index (χ0n) is 9.44. The van der Waals surface area contributed by atoms with Gasteiger partial charge in [-0.05, 0) is 33.8 Å². The van der Waals surface area contributed by atoms with E-state index < -0.39 is 11.5 Å². The van der Waals surface area contributed by atoms with Crippen LogP contribution in [0.25, 0.3) is 0 Å². The van der Waals surface area contributed by atoms with Gasteiger partial charge in [0.05, 0.1) is 18.6 Å². The van der Waals surface area contributed by atoms with Gasteiger partial charge >= 0.3 is 5.97 Å². The van der Waals surface area contributed by atoms with Crippen LogP contribution in [-0.2, 0) is 9.53 Å². The van der Waals surface area contributed by atoms with E-state index in [-0.39, 0.29) is 18.9 Å². The van der Waals surface area contributed by atoms with Crippen molar-refractivity contribution in [2.75, 3.05) is 13.2 Å². The Bertz CT molecular complexity index is 467. The SMILES string of the molecule is O=C(O)CC1(NC(=O)c2sccc2Br)CCOC1. The second-order valence-corrected chi connectivity index (χ2v) is 5.98. The number of nitrogens with one attached hydrogen (secondary N) is 1. The van der Waals surface area contributed by atoms with E-state index in [4.69, 9.17) is 9.84 Å². The second kappa shape index (κ2) is 5.38. The predicted molar refractivity (Wildman–Crippen MR) is 69.9 cm³/mol. The Morgan fingerprint density at radius 1 is 1.61 bits per heavy atom. The van der Waals surface area contributed by atoms with Gasteiger partial charge < -0.3 is 15.2 Å². The second-order valence-electron chi connectivity index (χ2n) is 4.21. The van der Waals surface area contributed by atoms with Crippen molar-refractivity contribution in [2.24, 2.45) is 0 Å². The van der Waals surface area contributed by atoms with Crippen LogP contribution in [0, 0.1) is 0 Å². The molecule has 1 fully saturated rings. The summed E-state index contributed by atoms with van der Waals surface area (Å²) in [7, 11) is 0. The number of amides is 1. The first kappa shape index (κ1) is 13.5. The summed E-state index contributed by atoms with van der Waals surface area (Å²) < 4.78 is 5.94. The highest BCUT2D eigenvalue weighted by atomic mass is 79.9. The minimum Gasteiger partial charge on any atom is -0.481 e. The van der Waals surface area contributed by atoms with Gasteiger partial charge in [-0.25, -0.2) is 0 Å². The smallest absolute Gasteiger partial charge is 0.305 e. The molecule has 0 aliphatic carbocycles. The van der Waals surface area contributed by atoms with E-state index in [1.807, 2.05) is 0 Å². The summed E-state index contributed by atoms with van der Waals surface area (Å²) in [6.07, 6.45) is 0.399. The molecule has 2 heterocycles. The fourth-order valence-corrected chi connectivity index (χ4v) is 3.38. The van der Waals surface area contributed by atoms with Crippen molar-refractivity contribution in [1.29, 1.82) is 0 Å². The van der Waals surface area contributed by atoms with Gasteiger partial charge in [-0.15, -0.1) is 11.3 Å². The summed E-state index contributed by atoms with van der Waals surface area (Å²) in [5.41, 5.74) is -0.785. The van der Waals surface area contributed by atoms with Gasteiger partial charge in [0.15, 0.2) is 0 Å². The summed E-state index contributed by atoms with van der Waals surface area (Å²) in [6, 6.07) is 1.79. The third-order valence-electron chi connectivity index (χ3n) is 2.80. The maximum atomic E-state index is 12.1. The van der Waals surface area contributed by atoms with Gasteiger partial charge in [0.2, 0.25) is 0 Å². The summed E-state index contributed by atoms with van der Waals surface area (Å²) in [6.45, 7) is 0.715. The maximum Gasteiger partial charge on any atom is 0.305 e. The van der Waals surface area contributed by atoms with E-state index in [1.165, 1.54) is 11.3 Å². The Kier molecular flexibility index (Phi) is 4.04. The molecule has 0 radical (unpaired) electrons. The van der Waals surface area contributed by atoms with Crippen LogP contribution in [0.2, 0.25) is 0 Å². The topological polar surface area (TPSA) is 75.6 Å². The fourth-order valence-electron chi connectivity index (χ4n) is 1.93. The molecule has 1 aliphatic heterocycles. The Morgan fingerprint density at radius 2 is 2.39 bits per heavy atom. The largest absolute Gasteiger partial charge is 0.481 e. The molecule has 0 aromatic carbocycles. The first-order chi connectivity index (χ1) is 8.52. The number of halogens is 1. The first-order valence-corrected chi connectivity index (χ1v) is 7.05. The molecule has 0 spiro atoms. The van der Waals surface area contributed by atoms with Crippen LogP contribution in [0.4, 0.5) is 0 Å². The molecular formula is C11H12BrNO4S. The van der Waals surface area contributed by atoms with E-state index in [0.29, 0.717) is 17.9 Å². The summed E-state index contributed by atoms with van der Waals surface area (Å²) in [5, 5.41) is 13.5. The van der Waals surface area contributed by atoms with E-state index in [9.17, 15) is 9.59 Å². The lowest BCUT2D eigenvalue weighted by Crippen LogP contribution is -2.50. The Balaban J connectivity index is 2.12. The molecule has 1 unspecified atom stereocenters. The molecule has 2 rings (SSSR count). The number of carboxylic acids is 1. The average molecular weight is 334 g/mol. The van der Waals surface area contributed by atoms with Gasteiger partial charge in [0.25, 0.3) is 5.91 Å². The van der Waals surface area contributed by atoms with Crippen molar-refractivity contribution in [3.8, 4) is 0 Å². The predicted octanol–water partition coefficient (Wildman–Crippen LogP) is 1.87. The minimum absolute atomic E-state index is 0.123. The number of aliphatic carboxylic acids is 1. The van der Waals surface area contributed by atoms with Gasteiger partial charge in [0.1, 0.15) is 4.88 Å². The summed E-state index contributed by atoms with van der Waals surface area (Å²) in [4.78, 5) is 23.5. The average Bonchev–Trinajstić information content (AvgIpc) is 2.86. The number of carbonyl (C=O) groups is 2. The molecule has 0 bridgehead atoms. The number of thiophene rings is 1. The summed E-state index contributed by atoms with van der Waals surface area (Å²) >= 11 is 4.60. The van der Waals surface area contributed by atoms with Crippen molar-refractivity contribution in [3.63, 3.8) is 0 Å². The van der Waals surface area contributed by atoms with Crippen LogP contribution in [0.1, 0.15) is 22.5 Å². The first-order valence-electron chi connectivity index (χ1n) is 5.37. The number of carboxylic acid groups (broad SMARTS) is 1. The third kappa shape index (κ3) is 2.90. The number of carbonyl (C=O) groups excluding carboxylic acids is 1. The molecule has 1 aliphatic rings. The molecule has 1 amide bonds. The van der Waals surface area contributed by atoms with Gasteiger partial charge in [-0.1, -0.05) is 0 Å². The zero-order chi connectivity index (χ0) is 13.2. The lowest BCUT2D eigenvalue weighted by Gasteiger charge is -2.26. The van der Waals surface area contributed by atoms with Crippen molar-refractivity contribution < 1.29 is 19.4 Å². The third-order valence-corrected chi connectivity index (χ3v) is 4.63. The highest BCUT2D eigenvalue weighted by Gasteiger charge is 2.39. The van der Waals surface area contributed by atoms with E-state index >= 15 is 0 Å². The zero-order valence-corrected chi connectivity index (χ0v) is 11.8. The van der Waals surface area contributed by atoms with Crippen molar-refractivity contribution in [1.82, 2.24) is 5.32 Å². The van der Waals surface area contributed by atoms with Gasteiger partial charge in [-0.2, -0.15) is 0 Å². The molecule has 98 valence electrons. The molecule has 18 heavy (non-hydrogen) atoms. The van der Waals surface area contributed by atoms with Crippen LogP contribution in [0.5, 0.6) is 0 Å². The van der Waals surface area contributed by atoms with Crippen molar-refractivity contribution in [2.45, 2.75) is 18.4 Å². The molecule has 0 saturated carbocycles. The van der Waals surface area contributed by atoms with Crippen LogP contribution < -0.4 is 5.32 Å². The van der Waals surface area contributed by atoms with Crippen LogP contribution in [0.3, 0.4) is 0 Å². The molecule has 1 aromatic heterocycles. The van der Waals surface area contributed by atoms with E-state index in [2.05, 4.69) is 21.2 Å². The van der Waals surface area contributed by atoms with Crippen molar-refractivity contribution in [3.05, 3.63) is 20.8 Å². The normalized spacial score (nSPS) is 22.9. The highest BCUT2D eigenvalue weighted by Crippen LogP contribution is 2.27. The van der Waals surface area contributed by atoms with E-state index in [1.54, 1.807) is 11.4 Å². The number of rotatable bonds is 4. The lowest BCUT2D eigenvalue weighted by atomic mass is 9.94. The number of ether oxygens (including phenoxy) is 1. The molecule has 1 aromatic rings. The molecule has 7 heteroatoms. The minimum atomic E-state index is -0.939. The maximum absolute atomic E-state index is 12.1. The summed E-state index contributed by atoms with van der Waals surface area (Å²) in [5.74, 6) is -1.20. The number of hydrogen-bond donors (Lipinski definition) is 2. The van der Waals surface area contributed by atoms with Gasteiger partial charge in [-0.3, -0.25) is 9.59 Å². The van der Waals surface area contributed by atoms with Crippen LogP contribution in [-0.4, -0.2) is 35.7 Å². The molecular weight excluding hydrogens is 322 g/mol.